The molecule has 4 atom stereocenters. The fourth-order valence-electron chi connectivity index (χ4n) is 0.944. The van der Waals surface area contributed by atoms with Crippen molar-refractivity contribution in [3.63, 3.8) is 0 Å². The molecule has 22 heavy (non-hydrogen) atoms. The van der Waals surface area contributed by atoms with Gasteiger partial charge in [0.15, 0.2) is 24.4 Å². The van der Waals surface area contributed by atoms with Crippen LogP contribution in [0.2, 0.25) is 0 Å². The number of carbonyl (C=O) groups excluding carboxylic acids is 4. The first kappa shape index (κ1) is 19.6. The molecule has 0 aromatic carbocycles. The summed E-state index contributed by atoms with van der Waals surface area (Å²) < 4.78 is 7.63. The van der Waals surface area contributed by atoms with Crippen molar-refractivity contribution in [3.8, 4) is 0 Å². The number of aliphatic hydroxyl groups is 4. The Morgan fingerprint density at radius 2 is 1.00 bits per heavy atom. The Labute approximate surface area is 121 Å². The Hall–Kier alpha value is -2.41. The van der Waals surface area contributed by atoms with Gasteiger partial charge in [-0.25, -0.2) is 19.2 Å². The number of carboxylic acids is 1. The highest BCUT2D eigenvalue weighted by Gasteiger charge is 2.38. The van der Waals surface area contributed by atoms with Gasteiger partial charge in [-0.15, -0.1) is 0 Å². The number of ether oxygens (including phenoxy) is 2. The van der Waals surface area contributed by atoms with Crippen molar-refractivity contribution < 1.29 is 59.0 Å². The molecule has 0 aliphatic rings. The van der Waals surface area contributed by atoms with Gasteiger partial charge in [0.05, 0.1) is 0 Å². The lowest BCUT2D eigenvalue weighted by Gasteiger charge is -2.16. The van der Waals surface area contributed by atoms with Gasteiger partial charge in [0, 0.05) is 6.92 Å². The maximum absolute atomic E-state index is 11.2. The standard InChI is InChI=1S/C10H12O12/c1-2(11)21-8(18)5(14)6(15)10(20)22-9(19)4(13)3(12)7(16)17/h3-6,12-15H,1H3,(H,16,17). The van der Waals surface area contributed by atoms with Crippen LogP contribution in [0.5, 0.6) is 0 Å². The summed E-state index contributed by atoms with van der Waals surface area (Å²) in [6.07, 6.45) is -10.5. The smallest absolute Gasteiger partial charge is 0.346 e. The molecule has 0 saturated carbocycles. The van der Waals surface area contributed by atoms with Crippen LogP contribution >= 0.6 is 0 Å². The molecule has 5 N–H and O–H groups in total. The molecular weight excluding hydrogens is 312 g/mol. The van der Waals surface area contributed by atoms with Crippen molar-refractivity contribution in [1.82, 2.24) is 0 Å². The van der Waals surface area contributed by atoms with E-state index in [4.69, 9.17) is 20.4 Å². The molecule has 0 fully saturated rings. The molecule has 0 amide bonds. The summed E-state index contributed by atoms with van der Waals surface area (Å²) in [6, 6.07) is 0. The molecule has 0 aliphatic carbocycles. The van der Waals surface area contributed by atoms with Gasteiger partial charge in [-0.05, 0) is 0 Å². The summed E-state index contributed by atoms with van der Waals surface area (Å²) in [4.78, 5) is 54.0. The van der Waals surface area contributed by atoms with E-state index in [1.54, 1.807) is 0 Å². The lowest BCUT2D eigenvalue weighted by atomic mass is 10.2. The molecule has 0 aromatic heterocycles. The van der Waals surface area contributed by atoms with Gasteiger partial charge in [0.2, 0.25) is 0 Å². The SMILES string of the molecule is CC(=O)OC(=O)C(O)C(O)C(=O)OC(=O)C(O)C(O)C(=O)O. The van der Waals surface area contributed by atoms with Crippen LogP contribution in [-0.4, -0.2) is 79.8 Å². The molecular formula is C10H12O12. The minimum Gasteiger partial charge on any atom is -0.479 e. The first-order valence-corrected chi connectivity index (χ1v) is 5.41. The van der Waals surface area contributed by atoms with E-state index in [2.05, 4.69) is 9.47 Å². The average molecular weight is 324 g/mol. The topological polar surface area (TPSA) is 205 Å². The predicted molar refractivity (Wildman–Crippen MR) is 59.5 cm³/mol. The Kier molecular flexibility index (Phi) is 7.24. The van der Waals surface area contributed by atoms with Crippen LogP contribution in [0.4, 0.5) is 0 Å². The number of aliphatic carboxylic acids is 1. The fourth-order valence-corrected chi connectivity index (χ4v) is 0.944. The molecule has 0 bridgehead atoms. The summed E-state index contributed by atoms with van der Waals surface area (Å²) in [7, 11) is 0. The highest BCUT2D eigenvalue weighted by Crippen LogP contribution is 2.04. The third-order valence-electron chi connectivity index (χ3n) is 2.02. The third-order valence-corrected chi connectivity index (χ3v) is 2.02. The Bertz CT molecular complexity index is 482. The second kappa shape index (κ2) is 8.14. The third kappa shape index (κ3) is 5.53. The lowest BCUT2D eigenvalue weighted by Crippen LogP contribution is -2.46. The number of esters is 4. The first-order chi connectivity index (χ1) is 9.98. The van der Waals surface area contributed by atoms with Crippen molar-refractivity contribution >= 4 is 29.8 Å². The van der Waals surface area contributed by atoms with Gasteiger partial charge in [0.1, 0.15) is 0 Å². The number of carboxylic acid groups (broad SMARTS) is 1. The largest absolute Gasteiger partial charge is 0.479 e. The quantitative estimate of drug-likeness (QED) is 0.232. The molecule has 124 valence electrons. The van der Waals surface area contributed by atoms with Crippen LogP contribution in [-0.2, 0) is 33.4 Å². The van der Waals surface area contributed by atoms with E-state index in [1.165, 1.54) is 0 Å². The molecule has 0 radical (unpaired) electrons. The Morgan fingerprint density at radius 1 is 0.682 bits per heavy atom. The van der Waals surface area contributed by atoms with E-state index in [9.17, 15) is 29.1 Å². The van der Waals surface area contributed by atoms with E-state index < -0.39 is 54.3 Å². The van der Waals surface area contributed by atoms with Gasteiger partial charge < -0.3 is 35.0 Å². The molecule has 0 saturated heterocycles. The van der Waals surface area contributed by atoms with Gasteiger partial charge in [-0.1, -0.05) is 0 Å². The zero-order valence-corrected chi connectivity index (χ0v) is 10.9. The molecule has 12 nitrogen and oxygen atoms in total. The maximum Gasteiger partial charge on any atom is 0.346 e. The highest BCUT2D eigenvalue weighted by atomic mass is 16.6. The van der Waals surface area contributed by atoms with E-state index >= 15 is 0 Å². The van der Waals surface area contributed by atoms with E-state index in [1.807, 2.05) is 0 Å². The van der Waals surface area contributed by atoms with Crippen LogP contribution in [0.25, 0.3) is 0 Å². The zero-order valence-electron chi connectivity index (χ0n) is 10.9. The Morgan fingerprint density at radius 3 is 1.32 bits per heavy atom. The second-order valence-corrected chi connectivity index (χ2v) is 3.77. The zero-order chi connectivity index (χ0) is 17.6. The van der Waals surface area contributed by atoms with Crippen LogP contribution in [0, 0.1) is 0 Å². The first-order valence-electron chi connectivity index (χ1n) is 5.41. The normalized spacial score (nSPS) is 15.9. The van der Waals surface area contributed by atoms with Crippen molar-refractivity contribution in [2.75, 3.05) is 0 Å². The Balaban J connectivity index is 4.71. The number of aliphatic hydroxyl groups excluding tert-OH is 4. The van der Waals surface area contributed by atoms with Crippen molar-refractivity contribution in [1.29, 1.82) is 0 Å². The van der Waals surface area contributed by atoms with E-state index in [0.29, 0.717) is 0 Å². The number of hydrogen-bond acceptors (Lipinski definition) is 11. The van der Waals surface area contributed by atoms with Gasteiger partial charge >= 0.3 is 29.8 Å². The summed E-state index contributed by atoms with van der Waals surface area (Å²) >= 11 is 0. The maximum atomic E-state index is 11.2. The minimum absolute atomic E-state index is 0.794. The monoisotopic (exact) mass is 324 g/mol. The molecule has 0 spiro atoms. The van der Waals surface area contributed by atoms with Gasteiger partial charge in [-0.3, -0.25) is 4.79 Å². The summed E-state index contributed by atoms with van der Waals surface area (Å²) in [5.74, 6) is -8.76. The summed E-state index contributed by atoms with van der Waals surface area (Å²) in [6.45, 7) is 0.794. The van der Waals surface area contributed by atoms with Crippen LogP contribution in [0.3, 0.4) is 0 Å². The van der Waals surface area contributed by atoms with Crippen molar-refractivity contribution in [2.45, 2.75) is 31.3 Å². The number of rotatable bonds is 6. The molecule has 0 heterocycles. The van der Waals surface area contributed by atoms with Crippen LogP contribution in [0.1, 0.15) is 6.92 Å². The lowest BCUT2D eigenvalue weighted by molar-refractivity contribution is -0.186. The van der Waals surface area contributed by atoms with Crippen LogP contribution < -0.4 is 0 Å². The molecule has 0 aromatic rings. The minimum atomic E-state index is -2.66. The van der Waals surface area contributed by atoms with Crippen LogP contribution in [0.15, 0.2) is 0 Å². The van der Waals surface area contributed by atoms with Gasteiger partial charge in [0.25, 0.3) is 0 Å². The van der Waals surface area contributed by atoms with E-state index in [0.717, 1.165) is 6.92 Å². The van der Waals surface area contributed by atoms with E-state index in [-0.39, 0.29) is 0 Å². The van der Waals surface area contributed by atoms with Crippen molar-refractivity contribution in [3.05, 3.63) is 0 Å². The number of hydrogen-bond donors (Lipinski definition) is 5. The molecule has 4 unspecified atom stereocenters. The summed E-state index contributed by atoms with van der Waals surface area (Å²) in [5.41, 5.74) is 0. The second-order valence-electron chi connectivity index (χ2n) is 3.77. The molecule has 12 heteroatoms. The summed E-state index contributed by atoms with van der Waals surface area (Å²) in [5, 5.41) is 44.5. The highest BCUT2D eigenvalue weighted by molar-refractivity contribution is 5.96. The predicted octanol–water partition coefficient (Wildman–Crippen LogP) is -4.33. The molecule has 0 aliphatic heterocycles. The number of carbonyl (C=O) groups is 5. The average Bonchev–Trinajstić information content (AvgIpc) is 2.42. The van der Waals surface area contributed by atoms with Crippen molar-refractivity contribution in [2.24, 2.45) is 0 Å². The van der Waals surface area contributed by atoms with Gasteiger partial charge in [-0.2, -0.15) is 0 Å². The molecule has 0 rings (SSSR count). The fraction of sp³-hybridized carbons (Fsp3) is 0.500.